The first kappa shape index (κ1) is 10.5. The molecule has 1 aromatic carbocycles. The lowest BCUT2D eigenvalue weighted by Crippen LogP contribution is -2.39. The van der Waals surface area contributed by atoms with Crippen LogP contribution in [0.25, 0.3) is 0 Å². The molecule has 0 saturated heterocycles. The van der Waals surface area contributed by atoms with Crippen LogP contribution < -0.4 is 5.32 Å². The molecule has 1 aliphatic carbocycles. The molecule has 0 atom stereocenters. The van der Waals surface area contributed by atoms with Gasteiger partial charge in [0.05, 0.1) is 12.1 Å². The minimum absolute atomic E-state index is 0.000689. The van der Waals surface area contributed by atoms with Gasteiger partial charge >= 0.3 is 0 Å². The third kappa shape index (κ3) is 2.30. The molecule has 3 nitrogen and oxygen atoms in total. The van der Waals surface area contributed by atoms with Crippen molar-refractivity contribution >= 4 is 17.5 Å². The average molecular weight is 226 g/mol. The second-order valence-corrected chi connectivity index (χ2v) is 4.34. The highest BCUT2D eigenvalue weighted by Gasteiger charge is 2.43. The van der Waals surface area contributed by atoms with Gasteiger partial charge in [0.1, 0.15) is 0 Å². The van der Waals surface area contributed by atoms with E-state index in [4.69, 9.17) is 16.7 Å². The van der Waals surface area contributed by atoms with Crippen molar-refractivity contribution in [2.24, 2.45) is 0 Å². The maximum atomic E-state index is 11.7. The summed E-state index contributed by atoms with van der Waals surface area (Å²) in [6.45, 7) is -0.000689. The predicted molar refractivity (Wildman–Crippen MR) is 58.0 cm³/mol. The molecule has 15 heavy (non-hydrogen) atoms. The smallest absolute Gasteiger partial charge is 0.251 e. The summed E-state index contributed by atoms with van der Waals surface area (Å²) in [5.74, 6) is -0.177. The topological polar surface area (TPSA) is 49.3 Å². The first-order chi connectivity index (χ1) is 7.15. The van der Waals surface area contributed by atoms with Crippen LogP contribution in [-0.2, 0) is 0 Å². The van der Waals surface area contributed by atoms with Crippen LogP contribution in [0.1, 0.15) is 23.2 Å². The lowest BCUT2D eigenvalue weighted by Gasteiger charge is -2.14. The van der Waals surface area contributed by atoms with Gasteiger partial charge in [-0.2, -0.15) is 0 Å². The van der Waals surface area contributed by atoms with Gasteiger partial charge in [-0.3, -0.25) is 4.79 Å². The summed E-state index contributed by atoms with van der Waals surface area (Å²) in [7, 11) is 0. The van der Waals surface area contributed by atoms with Crippen LogP contribution in [0, 0.1) is 0 Å². The van der Waals surface area contributed by atoms with Gasteiger partial charge in [-0.05, 0) is 31.0 Å². The number of halogens is 1. The highest BCUT2D eigenvalue weighted by molar-refractivity contribution is 6.30. The molecule has 1 aliphatic rings. The highest BCUT2D eigenvalue weighted by atomic mass is 35.5. The number of rotatable bonds is 3. The number of carbonyl (C=O) groups is 1. The van der Waals surface area contributed by atoms with Gasteiger partial charge in [0, 0.05) is 10.6 Å². The van der Waals surface area contributed by atoms with E-state index in [1.807, 2.05) is 0 Å². The minimum Gasteiger partial charge on any atom is -0.394 e. The minimum atomic E-state index is -0.376. The van der Waals surface area contributed by atoms with E-state index in [9.17, 15) is 4.79 Å². The largest absolute Gasteiger partial charge is 0.394 e. The van der Waals surface area contributed by atoms with E-state index in [0.717, 1.165) is 12.8 Å². The number of benzene rings is 1. The Balaban J connectivity index is 2.08. The van der Waals surface area contributed by atoms with Crippen molar-refractivity contribution in [3.05, 3.63) is 34.9 Å². The Kier molecular flexibility index (Phi) is 2.67. The Bertz CT molecular complexity index is 388. The van der Waals surface area contributed by atoms with E-state index in [2.05, 4.69) is 5.32 Å². The molecule has 80 valence electrons. The fourth-order valence-corrected chi connectivity index (χ4v) is 1.61. The Labute approximate surface area is 93.1 Å². The Morgan fingerprint density at radius 3 is 2.80 bits per heavy atom. The third-order valence-electron chi connectivity index (χ3n) is 2.62. The number of aliphatic hydroxyl groups is 1. The van der Waals surface area contributed by atoms with Gasteiger partial charge in [-0.1, -0.05) is 17.7 Å². The van der Waals surface area contributed by atoms with Crippen molar-refractivity contribution in [2.45, 2.75) is 18.4 Å². The molecular formula is C11H12ClNO2. The summed E-state index contributed by atoms with van der Waals surface area (Å²) in [5.41, 5.74) is 0.154. The number of aliphatic hydroxyl groups excluding tert-OH is 1. The first-order valence-corrected chi connectivity index (χ1v) is 5.22. The molecular weight excluding hydrogens is 214 g/mol. The molecule has 0 heterocycles. The van der Waals surface area contributed by atoms with E-state index in [0.29, 0.717) is 10.6 Å². The molecule has 1 saturated carbocycles. The molecule has 0 aliphatic heterocycles. The monoisotopic (exact) mass is 225 g/mol. The van der Waals surface area contributed by atoms with Gasteiger partial charge in [-0.15, -0.1) is 0 Å². The fraction of sp³-hybridized carbons (Fsp3) is 0.364. The SMILES string of the molecule is O=C(NC1(CO)CC1)c1cccc(Cl)c1. The average Bonchev–Trinajstić information content (AvgIpc) is 2.98. The van der Waals surface area contributed by atoms with Gasteiger partial charge in [0.2, 0.25) is 0 Å². The van der Waals surface area contributed by atoms with Crippen LogP contribution in [0.15, 0.2) is 24.3 Å². The zero-order valence-corrected chi connectivity index (χ0v) is 8.92. The molecule has 0 aromatic heterocycles. The quantitative estimate of drug-likeness (QED) is 0.821. The second kappa shape index (κ2) is 3.83. The second-order valence-electron chi connectivity index (χ2n) is 3.90. The molecule has 4 heteroatoms. The predicted octanol–water partition coefficient (Wildman–Crippen LogP) is 1.59. The normalized spacial score (nSPS) is 17.2. The lowest BCUT2D eigenvalue weighted by molar-refractivity contribution is 0.0907. The molecule has 0 radical (unpaired) electrons. The zero-order valence-electron chi connectivity index (χ0n) is 8.16. The summed E-state index contributed by atoms with van der Waals surface area (Å²) < 4.78 is 0. The number of nitrogens with one attached hydrogen (secondary N) is 1. The summed E-state index contributed by atoms with van der Waals surface area (Å²) in [4.78, 5) is 11.7. The van der Waals surface area contributed by atoms with Crippen LogP contribution in [0.3, 0.4) is 0 Å². The molecule has 0 spiro atoms. The third-order valence-corrected chi connectivity index (χ3v) is 2.86. The molecule has 2 N–H and O–H groups in total. The van der Waals surface area contributed by atoms with Gasteiger partial charge in [-0.25, -0.2) is 0 Å². The van der Waals surface area contributed by atoms with Gasteiger partial charge in [0.25, 0.3) is 5.91 Å². The molecule has 1 aromatic rings. The lowest BCUT2D eigenvalue weighted by atomic mass is 10.2. The number of hydrogen-bond donors (Lipinski definition) is 2. The van der Waals surface area contributed by atoms with Gasteiger partial charge in [0.15, 0.2) is 0 Å². The van der Waals surface area contributed by atoms with E-state index in [1.165, 1.54) is 0 Å². The van der Waals surface area contributed by atoms with Crippen molar-refractivity contribution < 1.29 is 9.90 Å². The van der Waals surface area contributed by atoms with Crippen LogP contribution in [-0.4, -0.2) is 23.2 Å². The highest BCUT2D eigenvalue weighted by Crippen LogP contribution is 2.34. The molecule has 0 unspecified atom stereocenters. The van der Waals surface area contributed by atoms with E-state index in [-0.39, 0.29) is 18.1 Å². The standard InChI is InChI=1S/C11H12ClNO2/c12-9-3-1-2-8(6-9)10(15)13-11(7-14)4-5-11/h1-3,6,14H,4-5,7H2,(H,13,15). The van der Waals surface area contributed by atoms with Crippen molar-refractivity contribution in [3.8, 4) is 0 Å². The number of carbonyl (C=O) groups excluding carboxylic acids is 1. The molecule has 2 rings (SSSR count). The molecule has 1 amide bonds. The van der Waals surface area contributed by atoms with Crippen molar-refractivity contribution in [1.29, 1.82) is 0 Å². The Hall–Kier alpha value is -1.06. The maximum absolute atomic E-state index is 11.7. The van der Waals surface area contributed by atoms with Crippen LogP contribution in [0.2, 0.25) is 5.02 Å². The summed E-state index contributed by atoms with van der Waals surface area (Å²) in [6, 6.07) is 6.77. The first-order valence-electron chi connectivity index (χ1n) is 4.84. The zero-order chi connectivity index (χ0) is 10.9. The molecule has 1 fully saturated rings. The van der Waals surface area contributed by atoms with Crippen molar-refractivity contribution in [1.82, 2.24) is 5.32 Å². The maximum Gasteiger partial charge on any atom is 0.251 e. The summed E-state index contributed by atoms with van der Waals surface area (Å²) in [6.07, 6.45) is 1.69. The van der Waals surface area contributed by atoms with E-state index >= 15 is 0 Å². The van der Waals surface area contributed by atoms with Crippen LogP contribution >= 0.6 is 11.6 Å². The van der Waals surface area contributed by atoms with Crippen LogP contribution in [0.4, 0.5) is 0 Å². The van der Waals surface area contributed by atoms with Crippen molar-refractivity contribution in [3.63, 3.8) is 0 Å². The Morgan fingerprint density at radius 2 is 2.27 bits per heavy atom. The Morgan fingerprint density at radius 1 is 1.53 bits per heavy atom. The van der Waals surface area contributed by atoms with E-state index < -0.39 is 0 Å². The fourth-order valence-electron chi connectivity index (χ4n) is 1.42. The van der Waals surface area contributed by atoms with E-state index in [1.54, 1.807) is 24.3 Å². The summed E-state index contributed by atoms with van der Waals surface area (Å²) in [5, 5.41) is 12.4. The number of amides is 1. The number of hydrogen-bond acceptors (Lipinski definition) is 2. The summed E-state index contributed by atoms with van der Waals surface area (Å²) >= 11 is 5.78. The molecule has 0 bridgehead atoms. The van der Waals surface area contributed by atoms with Crippen LogP contribution in [0.5, 0.6) is 0 Å². The van der Waals surface area contributed by atoms with Crippen molar-refractivity contribution in [2.75, 3.05) is 6.61 Å². The van der Waals surface area contributed by atoms with Gasteiger partial charge < -0.3 is 10.4 Å².